The lowest BCUT2D eigenvalue weighted by Crippen LogP contribution is -2.41. The average molecular weight is 370 g/mol. The fourth-order valence-corrected chi connectivity index (χ4v) is 3.19. The smallest absolute Gasteiger partial charge is 0.252 e. The number of aromatic nitrogens is 2. The number of aryl methyl sites for hydroxylation is 2. The zero-order valence-electron chi connectivity index (χ0n) is 15.9. The van der Waals surface area contributed by atoms with Gasteiger partial charge in [0.25, 0.3) is 11.5 Å². The fourth-order valence-electron chi connectivity index (χ4n) is 3.19. The number of hydrogen-bond acceptors (Lipinski definition) is 5. The molecule has 0 aliphatic carbocycles. The SMILES string of the molecule is CCc1cc(-c2cncc(C(=O)NCCN3CCOCC3)c2)c(C)[nH]c1=O. The van der Waals surface area contributed by atoms with Crippen molar-refractivity contribution in [3.05, 3.63) is 51.7 Å². The minimum absolute atomic E-state index is 0.0660. The van der Waals surface area contributed by atoms with E-state index in [-0.39, 0.29) is 11.5 Å². The van der Waals surface area contributed by atoms with E-state index < -0.39 is 0 Å². The molecule has 0 spiro atoms. The first-order valence-electron chi connectivity index (χ1n) is 9.35. The van der Waals surface area contributed by atoms with Crippen LogP contribution in [0.1, 0.15) is 28.5 Å². The van der Waals surface area contributed by atoms with Crippen LogP contribution in [0.2, 0.25) is 0 Å². The molecule has 0 radical (unpaired) electrons. The van der Waals surface area contributed by atoms with Gasteiger partial charge in [-0.2, -0.15) is 0 Å². The average Bonchev–Trinajstić information content (AvgIpc) is 2.69. The molecule has 0 atom stereocenters. The summed E-state index contributed by atoms with van der Waals surface area (Å²) in [5.41, 5.74) is 3.64. The fraction of sp³-hybridized carbons (Fsp3) is 0.450. The summed E-state index contributed by atoms with van der Waals surface area (Å²) >= 11 is 0. The predicted molar refractivity (Wildman–Crippen MR) is 104 cm³/mol. The first kappa shape index (κ1) is 19.3. The van der Waals surface area contributed by atoms with Gasteiger partial charge in [0, 0.05) is 61.0 Å². The van der Waals surface area contributed by atoms with Crippen molar-refractivity contribution in [3.8, 4) is 11.1 Å². The molecule has 0 bridgehead atoms. The maximum Gasteiger partial charge on any atom is 0.252 e. The summed E-state index contributed by atoms with van der Waals surface area (Å²) in [6.07, 6.45) is 3.93. The van der Waals surface area contributed by atoms with Gasteiger partial charge in [0.15, 0.2) is 0 Å². The molecule has 1 amide bonds. The van der Waals surface area contributed by atoms with Gasteiger partial charge in [-0.3, -0.25) is 19.5 Å². The third-order valence-corrected chi connectivity index (χ3v) is 4.82. The van der Waals surface area contributed by atoms with Gasteiger partial charge in [0.1, 0.15) is 0 Å². The van der Waals surface area contributed by atoms with E-state index in [1.807, 2.05) is 26.0 Å². The van der Waals surface area contributed by atoms with E-state index in [2.05, 4.69) is 20.2 Å². The first-order chi connectivity index (χ1) is 13.1. The molecule has 1 aliphatic heterocycles. The Morgan fingerprint density at radius 2 is 2.07 bits per heavy atom. The van der Waals surface area contributed by atoms with E-state index in [0.29, 0.717) is 18.5 Å². The van der Waals surface area contributed by atoms with Crippen molar-refractivity contribution in [1.29, 1.82) is 0 Å². The zero-order chi connectivity index (χ0) is 19.2. The Balaban J connectivity index is 1.69. The van der Waals surface area contributed by atoms with E-state index in [1.165, 1.54) is 0 Å². The standard InChI is InChI=1S/C20H26N4O3/c1-3-15-11-18(14(2)23-20(15)26)16-10-17(13-21-12-16)19(25)22-4-5-24-6-8-27-9-7-24/h10-13H,3-9H2,1-2H3,(H,22,25)(H,23,26). The number of pyridine rings is 2. The second-order valence-electron chi connectivity index (χ2n) is 6.69. The van der Waals surface area contributed by atoms with Crippen LogP contribution in [-0.2, 0) is 11.2 Å². The highest BCUT2D eigenvalue weighted by atomic mass is 16.5. The Bertz CT molecular complexity index is 857. The van der Waals surface area contributed by atoms with Crippen molar-refractivity contribution >= 4 is 5.91 Å². The Labute approximate surface area is 158 Å². The lowest BCUT2D eigenvalue weighted by Gasteiger charge is -2.26. The second kappa shape index (κ2) is 8.92. The van der Waals surface area contributed by atoms with Gasteiger partial charge in [0.2, 0.25) is 0 Å². The first-order valence-corrected chi connectivity index (χ1v) is 9.35. The predicted octanol–water partition coefficient (Wildman–Crippen LogP) is 1.37. The lowest BCUT2D eigenvalue weighted by molar-refractivity contribution is 0.0383. The summed E-state index contributed by atoms with van der Waals surface area (Å²) in [5, 5.41) is 2.95. The second-order valence-corrected chi connectivity index (χ2v) is 6.69. The van der Waals surface area contributed by atoms with Crippen molar-refractivity contribution in [1.82, 2.24) is 20.2 Å². The van der Waals surface area contributed by atoms with E-state index in [0.717, 1.165) is 55.2 Å². The number of ether oxygens (including phenoxy) is 1. The maximum atomic E-state index is 12.5. The van der Waals surface area contributed by atoms with Crippen molar-refractivity contribution in [2.75, 3.05) is 39.4 Å². The highest BCUT2D eigenvalue weighted by Gasteiger charge is 2.13. The van der Waals surface area contributed by atoms with Crippen LogP contribution in [0, 0.1) is 6.92 Å². The summed E-state index contributed by atoms with van der Waals surface area (Å²) < 4.78 is 5.33. The maximum absolute atomic E-state index is 12.5. The molecule has 2 aromatic rings. The summed E-state index contributed by atoms with van der Waals surface area (Å²) in [6, 6.07) is 3.70. The van der Waals surface area contributed by atoms with E-state index >= 15 is 0 Å². The highest BCUT2D eigenvalue weighted by Crippen LogP contribution is 2.22. The summed E-state index contributed by atoms with van der Waals surface area (Å²) in [6.45, 7) is 8.49. The van der Waals surface area contributed by atoms with Crippen LogP contribution >= 0.6 is 0 Å². The van der Waals surface area contributed by atoms with Crippen LogP contribution in [0.4, 0.5) is 0 Å². The third kappa shape index (κ3) is 4.81. The van der Waals surface area contributed by atoms with Crippen molar-refractivity contribution in [3.63, 3.8) is 0 Å². The molecule has 1 aliphatic rings. The number of nitrogens with one attached hydrogen (secondary N) is 2. The monoisotopic (exact) mass is 370 g/mol. The van der Waals surface area contributed by atoms with Gasteiger partial charge in [-0.1, -0.05) is 6.92 Å². The van der Waals surface area contributed by atoms with Gasteiger partial charge >= 0.3 is 0 Å². The Kier molecular flexibility index (Phi) is 6.36. The summed E-state index contributed by atoms with van der Waals surface area (Å²) in [5.74, 6) is -0.143. The van der Waals surface area contributed by atoms with E-state index in [4.69, 9.17) is 4.74 Å². The normalized spacial score (nSPS) is 14.9. The number of H-pyrrole nitrogens is 1. The molecule has 7 nitrogen and oxygen atoms in total. The molecule has 1 saturated heterocycles. The minimum Gasteiger partial charge on any atom is -0.379 e. The van der Waals surface area contributed by atoms with Crippen molar-refractivity contribution in [2.24, 2.45) is 0 Å². The van der Waals surface area contributed by atoms with Gasteiger partial charge < -0.3 is 15.0 Å². The summed E-state index contributed by atoms with van der Waals surface area (Å²) in [7, 11) is 0. The Morgan fingerprint density at radius 3 is 2.81 bits per heavy atom. The van der Waals surface area contributed by atoms with Gasteiger partial charge in [0.05, 0.1) is 18.8 Å². The van der Waals surface area contributed by atoms with Crippen molar-refractivity contribution in [2.45, 2.75) is 20.3 Å². The molecular formula is C20H26N4O3. The van der Waals surface area contributed by atoms with Gasteiger partial charge in [-0.05, 0) is 25.5 Å². The van der Waals surface area contributed by atoms with Gasteiger partial charge in [-0.25, -0.2) is 0 Å². The van der Waals surface area contributed by atoms with Crippen LogP contribution in [0.25, 0.3) is 11.1 Å². The van der Waals surface area contributed by atoms with Crippen LogP contribution in [0.3, 0.4) is 0 Å². The molecular weight excluding hydrogens is 344 g/mol. The molecule has 2 N–H and O–H groups in total. The Morgan fingerprint density at radius 1 is 1.30 bits per heavy atom. The van der Waals surface area contributed by atoms with Crippen LogP contribution in [-0.4, -0.2) is 60.2 Å². The van der Waals surface area contributed by atoms with Crippen LogP contribution < -0.4 is 10.9 Å². The number of rotatable bonds is 6. The quantitative estimate of drug-likeness (QED) is 0.802. The molecule has 1 fully saturated rings. The van der Waals surface area contributed by atoms with Crippen LogP contribution in [0.5, 0.6) is 0 Å². The zero-order valence-corrected chi connectivity index (χ0v) is 15.9. The molecule has 27 heavy (non-hydrogen) atoms. The van der Waals surface area contributed by atoms with Crippen LogP contribution in [0.15, 0.2) is 29.3 Å². The number of hydrogen-bond donors (Lipinski definition) is 2. The number of morpholine rings is 1. The van der Waals surface area contributed by atoms with E-state index in [9.17, 15) is 9.59 Å². The third-order valence-electron chi connectivity index (χ3n) is 4.82. The molecule has 7 heteroatoms. The number of carbonyl (C=O) groups excluding carboxylic acids is 1. The van der Waals surface area contributed by atoms with Crippen molar-refractivity contribution < 1.29 is 9.53 Å². The molecule has 2 aromatic heterocycles. The molecule has 0 aromatic carbocycles. The minimum atomic E-state index is -0.143. The Hall–Kier alpha value is -2.51. The highest BCUT2D eigenvalue weighted by molar-refractivity contribution is 5.95. The molecule has 3 rings (SSSR count). The topological polar surface area (TPSA) is 87.3 Å². The lowest BCUT2D eigenvalue weighted by atomic mass is 10.0. The number of amides is 1. The largest absolute Gasteiger partial charge is 0.379 e. The summed E-state index contributed by atoms with van der Waals surface area (Å²) in [4.78, 5) is 33.8. The molecule has 0 saturated carbocycles. The van der Waals surface area contributed by atoms with Gasteiger partial charge in [-0.15, -0.1) is 0 Å². The number of carbonyl (C=O) groups is 1. The number of nitrogens with zero attached hydrogens (tertiary/aromatic N) is 2. The molecule has 0 unspecified atom stereocenters. The molecule has 3 heterocycles. The van der Waals surface area contributed by atoms with E-state index in [1.54, 1.807) is 12.4 Å². The molecule has 144 valence electrons. The number of aromatic amines is 1.